The average Bonchev–Trinajstić information content (AvgIpc) is 2.78. The van der Waals surface area contributed by atoms with E-state index in [0.717, 1.165) is 18.2 Å². The number of benzene rings is 3. The van der Waals surface area contributed by atoms with Crippen molar-refractivity contribution in [3.63, 3.8) is 0 Å². The fourth-order valence-corrected chi connectivity index (χ4v) is 3.14. The van der Waals surface area contributed by atoms with E-state index in [4.69, 9.17) is 16.3 Å². The zero-order valence-corrected chi connectivity index (χ0v) is 17.6. The molecule has 0 spiro atoms. The molecule has 0 aliphatic rings. The third-order valence-electron chi connectivity index (χ3n) is 4.57. The Balaban J connectivity index is 1.95. The van der Waals surface area contributed by atoms with Crippen molar-refractivity contribution in [3.05, 3.63) is 100 Å². The van der Waals surface area contributed by atoms with Crippen molar-refractivity contribution < 1.29 is 40.7 Å². The molecule has 0 radical (unpaired) electrons. The zero-order chi connectivity index (χ0) is 25.1. The minimum atomic E-state index is -4.87. The molecule has 0 unspecified atom stereocenters. The standard InChI is InChI=1S/C23H14ClF6NO3/c24-17-11-10-14(22(25,26)27)12-18(17)31-20(32)19(13-6-2-1-3-7-13)34-21(33)15-8-4-5-9-16(15)23(28,29)30/h1-12,19H,(H,31,32)/t19-/m0/s1. The lowest BCUT2D eigenvalue weighted by molar-refractivity contribution is -0.138. The number of halogens is 7. The van der Waals surface area contributed by atoms with Gasteiger partial charge in [0.1, 0.15) is 0 Å². The van der Waals surface area contributed by atoms with Gasteiger partial charge in [-0.3, -0.25) is 4.79 Å². The number of carbonyl (C=O) groups excluding carboxylic acids is 2. The lowest BCUT2D eigenvalue weighted by Crippen LogP contribution is -2.27. The van der Waals surface area contributed by atoms with E-state index in [0.29, 0.717) is 18.2 Å². The molecule has 3 aromatic carbocycles. The number of esters is 1. The first kappa shape index (κ1) is 25.1. The Morgan fingerprint density at radius 1 is 0.824 bits per heavy atom. The number of hydrogen-bond donors (Lipinski definition) is 1. The molecular weight excluding hydrogens is 488 g/mol. The van der Waals surface area contributed by atoms with Gasteiger partial charge in [-0.15, -0.1) is 0 Å². The van der Waals surface area contributed by atoms with Crippen molar-refractivity contribution in [1.82, 2.24) is 0 Å². The Bertz CT molecular complexity index is 1200. The van der Waals surface area contributed by atoms with Crippen molar-refractivity contribution in [2.45, 2.75) is 18.5 Å². The summed E-state index contributed by atoms with van der Waals surface area (Å²) in [5.74, 6) is -2.57. The number of hydrogen-bond acceptors (Lipinski definition) is 3. The summed E-state index contributed by atoms with van der Waals surface area (Å²) in [5.41, 5.74) is -3.55. The monoisotopic (exact) mass is 501 g/mol. The fraction of sp³-hybridized carbons (Fsp3) is 0.130. The first-order valence-electron chi connectivity index (χ1n) is 9.47. The Hall–Kier alpha value is -3.53. The molecule has 3 rings (SSSR count). The summed E-state index contributed by atoms with van der Waals surface area (Å²) in [5, 5.41) is 1.92. The quantitative estimate of drug-likeness (QED) is 0.305. The van der Waals surface area contributed by atoms with Crippen molar-refractivity contribution in [2.24, 2.45) is 0 Å². The zero-order valence-electron chi connectivity index (χ0n) is 16.9. The van der Waals surface area contributed by atoms with Gasteiger partial charge < -0.3 is 10.1 Å². The van der Waals surface area contributed by atoms with Crippen LogP contribution >= 0.6 is 11.6 Å². The summed E-state index contributed by atoms with van der Waals surface area (Å²) in [6.45, 7) is 0. The smallest absolute Gasteiger partial charge is 0.417 e. The molecule has 4 nitrogen and oxygen atoms in total. The second kappa shape index (κ2) is 9.76. The van der Waals surface area contributed by atoms with Crippen LogP contribution in [0.25, 0.3) is 0 Å². The van der Waals surface area contributed by atoms with Crippen LogP contribution in [0.3, 0.4) is 0 Å². The lowest BCUT2D eigenvalue weighted by Gasteiger charge is -2.20. The van der Waals surface area contributed by atoms with Gasteiger partial charge in [0.2, 0.25) is 6.10 Å². The van der Waals surface area contributed by atoms with Crippen LogP contribution in [0.5, 0.6) is 0 Å². The first-order chi connectivity index (χ1) is 15.9. The maximum absolute atomic E-state index is 13.3. The summed E-state index contributed by atoms with van der Waals surface area (Å²) in [4.78, 5) is 25.6. The van der Waals surface area contributed by atoms with E-state index in [1.807, 2.05) is 0 Å². The Morgan fingerprint density at radius 2 is 1.44 bits per heavy atom. The van der Waals surface area contributed by atoms with Gasteiger partial charge in [0.25, 0.3) is 5.91 Å². The molecular formula is C23H14ClF6NO3. The minimum Gasteiger partial charge on any atom is -0.444 e. The molecule has 0 aliphatic carbocycles. The average molecular weight is 502 g/mol. The molecule has 34 heavy (non-hydrogen) atoms. The van der Waals surface area contributed by atoms with Gasteiger partial charge in [-0.2, -0.15) is 26.3 Å². The third kappa shape index (κ3) is 5.88. The highest BCUT2D eigenvalue weighted by molar-refractivity contribution is 6.33. The van der Waals surface area contributed by atoms with Crippen LogP contribution in [-0.2, 0) is 21.9 Å². The van der Waals surface area contributed by atoms with E-state index < -0.39 is 52.7 Å². The van der Waals surface area contributed by atoms with E-state index in [1.165, 1.54) is 30.3 Å². The topological polar surface area (TPSA) is 55.4 Å². The van der Waals surface area contributed by atoms with Crippen LogP contribution in [0.1, 0.15) is 33.2 Å². The molecule has 0 fully saturated rings. The summed E-state index contributed by atoms with van der Waals surface area (Å²) < 4.78 is 84.1. The molecule has 0 saturated carbocycles. The van der Waals surface area contributed by atoms with E-state index in [2.05, 4.69) is 5.32 Å². The predicted octanol–water partition coefficient (Wildman–Crippen LogP) is 6.91. The predicted molar refractivity (Wildman–Crippen MR) is 111 cm³/mol. The van der Waals surface area contributed by atoms with Crippen LogP contribution in [0.4, 0.5) is 32.0 Å². The number of rotatable bonds is 5. The van der Waals surface area contributed by atoms with Gasteiger partial charge in [0, 0.05) is 5.56 Å². The SMILES string of the molecule is O=C(O[C@H](C(=O)Nc1cc(C(F)(F)F)ccc1Cl)c1ccccc1)c1ccccc1C(F)(F)F. The highest BCUT2D eigenvalue weighted by Crippen LogP contribution is 2.35. The van der Waals surface area contributed by atoms with Gasteiger partial charge in [0.15, 0.2) is 0 Å². The molecule has 0 aliphatic heterocycles. The minimum absolute atomic E-state index is 0.0703. The number of anilines is 1. The molecule has 1 N–H and O–H groups in total. The van der Waals surface area contributed by atoms with Crippen LogP contribution < -0.4 is 5.32 Å². The van der Waals surface area contributed by atoms with E-state index in [1.54, 1.807) is 6.07 Å². The molecule has 0 saturated heterocycles. The number of nitrogens with one attached hydrogen (secondary N) is 1. The van der Waals surface area contributed by atoms with Gasteiger partial charge >= 0.3 is 18.3 Å². The fourth-order valence-electron chi connectivity index (χ4n) is 2.98. The van der Waals surface area contributed by atoms with E-state index in [9.17, 15) is 35.9 Å². The number of alkyl halides is 6. The van der Waals surface area contributed by atoms with Gasteiger partial charge in [-0.05, 0) is 30.3 Å². The van der Waals surface area contributed by atoms with Gasteiger partial charge in [0.05, 0.1) is 27.4 Å². The Labute approximate surface area is 194 Å². The van der Waals surface area contributed by atoms with Crippen molar-refractivity contribution in [2.75, 3.05) is 5.32 Å². The summed E-state index contributed by atoms with van der Waals surface area (Å²) in [7, 11) is 0. The maximum atomic E-state index is 13.3. The summed E-state index contributed by atoms with van der Waals surface area (Å²) in [6, 6.07) is 13.3. The highest BCUT2D eigenvalue weighted by Gasteiger charge is 2.37. The lowest BCUT2D eigenvalue weighted by atomic mass is 10.1. The number of ether oxygens (including phenoxy) is 1. The summed E-state index contributed by atoms with van der Waals surface area (Å²) >= 11 is 5.90. The normalized spacial score (nSPS) is 12.7. The molecule has 178 valence electrons. The first-order valence-corrected chi connectivity index (χ1v) is 9.85. The third-order valence-corrected chi connectivity index (χ3v) is 4.90. The molecule has 11 heteroatoms. The van der Waals surface area contributed by atoms with Crippen LogP contribution in [-0.4, -0.2) is 11.9 Å². The molecule has 1 amide bonds. The van der Waals surface area contributed by atoms with Crippen molar-refractivity contribution in [1.29, 1.82) is 0 Å². The molecule has 0 aromatic heterocycles. The molecule has 0 bridgehead atoms. The second-order valence-electron chi connectivity index (χ2n) is 6.92. The van der Waals surface area contributed by atoms with Crippen LogP contribution in [0.15, 0.2) is 72.8 Å². The second-order valence-corrected chi connectivity index (χ2v) is 7.33. The van der Waals surface area contributed by atoms with Gasteiger partial charge in [-0.25, -0.2) is 4.79 Å². The highest BCUT2D eigenvalue weighted by atomic mass is 35.5. The van der Waals surface area contributed by atoms with Crippen LogP contribution in [0.2, 0.25) is 5.02 Å². The largest absolute Gasteiger partial charge is 0.444 e. The van der Waals surface area contributed by atoms with Crippen molar-refractivity contribution in [3.8, 4) is 0 Å². The Morgan fingerprint density at radius 3 is 2.06 bits per heavy atom. The van der Waals surface area contributed by atoms with E-state index >= 15 is 0 Å². The molecule has 3 aromatic rings. The van der Waals surface area contributed by atoms with Crippen molar-refractivity contribution >= 4 is 29.2 Å². The number of carbonyl (C=O) groups is 2. The Kier molecular flexibility index (Phi) is 7.21. The summed E-state index contributed by atoms with van der Waals surface area (Å²) in [6.07, 6.45) is -11.4. The molecule has 1 atom stereocenters. The molecule has 0 heterocycles. The van der Waals surface area contributed by atoms with Gasteiger partial charge in [-0.1, -0.05) is 54.1 Å². The number of amides is 1. The van der Waals surface area contributed by atoms with Crippen LogP contribution in [0, 0.1) is 0 Å². The van der Waals surface area contributed by atoms with E-state index in [-0.39, 0.29) is 10.6 Å². The maximum Gasteiger partial charge on any atom is 0.417 e.